The Bertz CT molecular complexity index is 2590. The Morgan fingerprint density at radius 3 is 1.46 bits per heavy atom. The molecule has 0 bridgehead atoms. The first-order valence-electron chi connectivity index (χ1n) is 16.1. The Morgan fingerprint density at radius 1 is 0.396 bits per heavy atom. The predicted octanol–water partition coefficient (Wildman–Crippen LogP) is 10.1. The summed E-state index contributed by atoms with van der Waals surface area (Å²) in [5.41, 5.74) is 6.06. The fourth-order valence-corrected chi connectivity index (χ4v) is 9.79. The lowest BCUT2D eigenvalue weighted by molar-refractivity contribution is 0.592. The van der Waals surface area contributed by atoms with E-state index in [0.717, 1.165) is 81.6 Å². The quantitative estimate of drug-likeness (QED) is 0.108. The van der Waals surface area contributed by atoms with Crippen LogP contribution in [0.15, 0.2) is 176 Å². The van der Waals surface area contributed by atoms with Gasteiger partial charge in [-0.1, -0.05) is 158 Å². The fraction of sp³-hybridized carbons (Fsp3) is 0. The van der Waals surface area contributed by atoms with Gasteiger partial charge in [0.1, 0.15) is 0 Å². The van der Waals surface area contributed by atoms with E-state index in [0.29, 0.717) is 0 Å². The van der Waals surface area contributed by atoms with Gasteiger partial charge in [-0.25, -0.2) is 4.98 Å². The molecule has 0 aliphatic carbocycles. The van der Waals surface area contributed by atoms with Gasteiger partial charge in [0.2, 0.25) is 0 Å². The molecular weight excluding hydrogens is 603 g/mol. The molecule has 0 amide bonds. The summed E-state index contributed by atoms with van der Waals surface area (Å²) in [7, 11) is -3.08. The summed E-state index contributed by atoms with van der Waals surface area (Å²) in [5.74, 6) is 0. The molecule has 3 nitrogen and oxygen atoms in total. The summed E-state index contributed by atoms with van der Waals surface area (Å²) in [6, 6.07) is 57.8. The third-order valence-corrected chi connectivity index (χ3v) is 12.5. The van der Waals surface area contributed by atoms with Crippen molar-refractivity contribution in [3.05, 3.63) is 176 Å². The van der Waals surface area contributed by atoms with Crippen molar-refractivity contribution in [1.29, 1.82) is 0 Å². The van der Waals surface area contributed by atoms with Gasteiger partial charge in [0.15, 0.2) is 7.14 Å². The number of pyridine rings is 2. The average molecular weight is 633 g/mol. The van der Waals surface area contributed by atoms with Gasteiger partial charge in [-0.2, -0.15) is 0 Å². The van der Waals surface area contributed by atoms with Crippen molar-refractivity contribution >= 4 is 66.4 Å². The lowest BCUT2D eigenvalue weighted by atomic mass is 9.87. The summed E-state index contributed by atoms with van der Waals surface area (Å²) in [5, 5.41) is 9.17. The number of hydrogen-bond acceptors (Lipinski definition) is 3. The minimum Gasteiger partial charge on any atom is -0.309 e. The third-order valence-electron chi connectivity index (χ3n) is 9.38. The highest BCUT2D eigenvalue weighted by molar-refractivity contribution is 7.85. The molecule has 4 heteroatoms. The Labute approximate surface area is 278 Å². The molecule has 0 atom stereocenters. The maximum atomic E-state index is 15.1. The first-order valence-corrected chi connectivity index (χ1v) is 17.8. The molecule has 2 heterocycles. The molecule has 0 saturated heterocycles. The van der Waals surface area contributed by atoms with Gasteiger partial charge < -0.3 is 4.57 Å². The van der Waals surface area contributed by atoms with E-state index in [9.17, 15) is 0 Å². The van der Waals surface area contributed by atoms with Gasteiger partial charge in [0.25, 0.3) is 0 Å². The Balaban J connectivity index is 1.26. The largest absolute Gasteiger partial charge is 0.309 e. The standard InChI is InChI=1S/C44H29N2OP/c47-48(33-13-3-1-4-14-33,34-15-5-2-6-16-34)35-26-23-30(24-27-35)41-36-17-7-9-19-38(36)42(39-20-10-8-18-37(39)41)40-28-25-32-22-21-31-12-11-29-45-43(31)44(32)46-40/h1-29H. The first-order chi connectivity index (χ1) is 23.7. The van der Waals surface area contributed by atoms with Gasteiger partial charge in [0.05, 0.1) is 16.7 Å². The van der Waals surface area contributed by atoms with Crippen molar-refractivity contribution in [3.8, 4) is 22.4 Å². The zero-order valence-electron chi connectivity index (χ0n) is 26.0. The highest BCUT2D eigenvalue weighted by atomic mass is 31.2. The molecule has 0 aliphatic heterocycles. The number of hydrogen-bond donors (Lipinski definition) is 0. The van der Waals surface area contributed by atoms with Crippen molar-refractivity contribution in [2.75, 3.05) is 0 Å². The Hall–Kier alpha value is -5.89. The van der Waals surface area contributed by atoms with Gasteiger partial charge >= 0.3 is 0 Å². The highest BCUT2D eigenvalue weighted by Crippen LogP contribution is 2.45. The molecule has 0 unspecified atom stereocenters. The summed E-state index contributed by atoms with van der Waals surface area (Å²) in [6.07, 6.45) is 1.83. The molecule has 0 radical (unpaired) electrons. The summed E-state index contributed by atoms with van der Waals surface area (Å²) < 4.78 is 15.1. The lowest BCUT2D eigenvalue weighted by Gasteiger charge is -2.21. The molecule has 9 rings (SSSR count). The maximum absolute atomic E-state index is 15.1. The molecule has 0 saturated carbocycles. The summed E-state index contributed by atoms with van der Waals surface area (Å²) in [4.78, 5) is 9.98. The summed E-state index contributed by atoms with van der Waals surface area (Å²) >= 11 is 0. The van der Waals surface area contributed by atoms with E-state index in [1.807, 2.05) is 72.9 Å². The Kier molecular flexibility index (Phi) is 6.74. The normalized spacial score (nSPS) is 11.8. The van der Waals surface area contributed by atoms with Gasteiger partial charge in [-0.15, -0.1) is 0 Å². The molecule has 226 valence electrons. The van der Waals surface area contributed by atoms with Gasteiger partial charge in [-0.3, -0.25) is 4.98 Å². The number of fused-ring (bicyclic) bond motifs is 5. The molecule has 0 aliphatic rings. The SMILES string of the molecule is O=P(c1ccccc1)(c1ccccc1)c1ccc(-c2c3ccccc3c(-c3ccc4ccc5cccnc5c4n3)c3ccccc23)cc1. The van der Waals surface area contributed by atoms with Crippen LogP contribution in [0.5, 0.6) is 0 Å². The number of benzene rings is 7. The van der Waals surface area contributed by atoms with Crippen molar-refractivity contribution in [1.82, 2.24) is 9.97 Å². The maximum Gasteiger partial charge on any atom is 0.171 e. The minimum absolute atomic E-state index is 0.815. The summed E-state index contributed by atoms with van der Waals surface area (Å²) in [6.45, 7) is 0. The lowest BCUT2D eigenvalue weighted by Crippen LogP contribution is -2.24. The molecular formula is C44H29N2OP. The highest BCUT2D eigenvalue weighted by Gasteiger charge is 2.29. The van der Waals surface area contributed by atoms with E-state index in [2.05, 4.69) is 103 Å². The van der Waals surface area contributed by atoms with Crippen LogP contribution in [0.3, 0.4) is 0 Å². The first kappa shape index (κ1) is 28.3. The van der Waals surface area contributed by atoms with Crippen molar-refractivity contribution < 1.29 is 4.57 Å². The van der Waals surface area contributed by atoms with Crippen molar-refractivity contribution in [2.24, 2.45) is 0 Å². The molecule has 0 spiro atoms. The predicted molar refractivity (Wildman–Crippen MR) is 202 cm³/mol. The molecule has 9 aromatic rings. The van der Waals surface area contributed by atoms with Crippen LogP contribution < -0.4 is 15.9 Å². The number of rotatable bonds is 5. The van der Waals surface area contributed by atoms with Crippen LogP contribution >= 0.6 is 7.14 Å². The number of aromatic nitrogens is 2. The minimum atomic E-state index is -3.08. The van der Waals surface area contributed by atoms with Gasteiger partial charge in [-0.05, 0) is 44.8 Å². The molecule has 7 aromatic carbocycles. The molecule has 0 fully saturated rings. The van der Waals surface area contributed by atoms with Crippen LogP contribution in [0.1, 0.15) is 0 Å². The van der Waals surface area contributed by atoms with Crippen LogP contribution in [0.4, 0.5) is 0 Å². The second-order valence-electron chi connectivity index (χ2n) is 12.1. The second-order valence-corrected chi connectivity index (χ2v) is 14.8. The third kappa shape index (κ3) is 4.47. The van der Waals surface area contributed by atoms with Crippen LogP contribution in [-0.2, 0) is 4.57 Å². The van der Waals surface area contributed by atoms with Crippen LogP contribution in [0.25, 0.3) is 65.7 Å². The van der Waals surface area contributed by atoms with E-state index in [1.54, 1.807) is 0 Å². The zero-order valence-corrected chi connectivity index (χ0v) is 26.9. The van der Waals surface area contributed by atoms with E-state index in [1.165, 1.54) is 0 Å². The molecule has 0 N–H and O–H groups in total. The van der Waals surface area contributed by atoms with Crippen molar-refractivity contribution in [3.63, 3.8) is 0 Å². The Morgan fingerprint density at radius 2 is 0.875 bits per heavy atom. The van der Waals surface area contributed by atoms with Crippen LogP contribution in [0.2, 0.25) is 0 Å². The van der Waals surface area contributed by atoms with E-state index in [-0.39, 0.29) is 0 Å². The monoisotopic (exact) mass is 632 g/mol. The average Bonchev–Trinajstić information content (AvgIpc) is 3.17. The number of nitrogens with zero attached hydrogens (tertiary/aromatic N) is 2. The second kappa shape index (κ2) is 11.4. The molecule has 48 heavy (non-hydrogen) atoms. The fourth-order valence-electron chi connectivity index (χ4n) is 7.14. The van der Waals surface area contributed by atoms with E-state index < -0.39 is 7.14 Å². The smallest absolute Gasteiger partial charge is 0.171 e. The zero-order chi connectivity index (χ0) is 32.1. The molecule has 2 aromatic heterocycles. The van der Waals surface area contributed by atoms with Crippen LogP contribution in [0, 0.1) is 0 Å². The van der Waals surface area contributed by atoms with E-state index in [4.69, 9.17) is 9.97 Å². The van der Waals surface area contributed by atoms with E-state index >= 15 is 4.57 Å². The topological polar surface area (TPSA) is 42.9 Å². The van der Waals surface area contributed by atoms with Gasteiger partial charge in [0, 0.05) is 38.4 Å². The van der Waals surface area contributed by atoms with Crippen LogP contribution in [-0.4, -0.2) is 9.97 Å². The van der Waals surface area contributed by atoms with Crippen molar-refractivity contribution in [2.45, 2.75) is 0 Å².